The number of nitriles is 1. The Kier molecular flexibility index (Phi) is 6.35. The Morgan fingerprint density at radius 2 is 1.89 bits per heavy atom. The highest BCUT2D eigenvalue weighted by Crippen LogP contribution is 2.48. The highest BCUT2D eigenvalue weighted by molar-refractivity contribution is 9.10. The number of hydrogen-bond acceptors (Lipinski definition) is 5. The number of benzene rings is 2. The second-order valence-electron chi connectivity index (χ2n) is 10.7. The van der Waals surface area contributed by atoms with Crippen molar-refractivity contribution in [3.05, 3.63) is 52.0 Å². The summed E-state index contributed by atoms with van der Waals surface area (Å²) in [5.74, 6) is -0.0676. The minimum atomic E-state index is -0.718. The molecule has 1 fully saturated rings. The van der Waals surface area contributed by atoms with E-state index in [1.165, 1.54) is 0 Å². The minimum Gasteiger partial charge on any atom is -0.444 e. The number of anilines is 3. The van der Waals surface area contributed by atoms with Crippen LogP contribution in [0.1, 0.15) is 52.7 Å². The highest BCUT2D eigenvalue weighted by atomic mass is 79.9. The van der Waals surface area contributed by atoms with Crippen molar-refractivity contribution in [3.63, 3.8) is 0 Å². The summed E-state index contributed by atoms with van der Waals surface area (Å²) >= 11 is 3.45. The Hall–Kier alpha value is -3.05. The topological polar surface area (TPSA) is 76.9 Å². The Balaban J connectivity index is 1.67. The number of rotatable bonds is 2. The first-order valence-electron chi connectivity index (χ1n) is 11.8. The van der Waals surface area contributed by atoms with Crippen LogP contribution in [0.2, 0.25) is 0 Å². The SMILES string of the molecule is C[C@@H]1CN(C(=O)OC(C)(C)C)CCN1c1ccc2c(c1)N(c1cccc(Br)c1C#N)C(=O)C2(C)C. The van der Waals surface area contributed by atoms with Crippen LogP contribution in [0.4, 0.5) is 21.9 Å². The van der Waals surface area contributed by atoms with Crippen LogP contribution in [0.5, 0.6) is 0 Å². The quantitative estimate of drug-likeness (QED) is 0.488. The fourth-order valence-corrected chi connectivity index (χ4v) is 5.24. The summed E-state index contributed by atoms with van der Waals surface area (Å²) in [4.78, 5) is 31.8. The molecule has 8 heteroatoms. The lowest BCUT2D eigenvalue weighted by atomic mass is 9.86. The van der Waals surface area contributed by atoms with Gasteiger partial charge >= 0.3 is 6.09 Å². The molecule has 0 bridgehead atoms. The molecule has 2 heterocycles. The van der Waals surface area contributed by atoms with Crippen LogP contribution in [0, 0.1) is 11.3 Å². The summed E-state index contributed by atoms with van der Waals surface area (Å²) in [6.07, 6.45) is -0.296. The van der Waals surface area contributed by atoms with E-state index in [9.17, 15) is 14.9 Å². The van der Waals surface area contributed by atoms with E-state index in [4.69, 9.17) is 4.74 Å². The molecule has 2 amide bonds. The summed E-state index contributed by atoms with van der Waals surface area (Å²) < 4.78 is 6.20. The Bertz CT molecular complexity index is 1230. The molecule has 0 N–H and O–H groups in total. The molecular formula is C27H31BrN4O3. The fourth-order valence-electron chi connectivity index (χ4n) is 4.80. The van der Waals surface area contributed by atoms with Crippen molar-refractivity contribution in [1.82, 2.24) is 4.90 Å². The highest BCUT2D eigenvalue weighted by Gasteiger charge is 2.45. The monoisotopic (exact) mass is 538 g/mol. The summed E-state index contributed by atoms with van der Waals surface area (Å²) in [6.45, 7) is 13.3. The maximum atomic E-state index is 13.6. The first-order valence-corrected chi connectivity index (χ1v) is 12.6. The van der Waals surface area contributed by atoms with Gasteiger partial charge in [-0.05, 0) is 87.3 Å². The number of carbonyl (C=O) groups excluding carboxylic acids is 2. The summed E-state index contributed by atoms with van der Waals surface area (Å²) in [6, 6.07) is 13.8. The molecule has 0 spiro atoms. The van der Waals surface area contributed by atoms with Gasteiger partial charge in [-0.2, -0.15) is 5.26 Å². The van der Waals surface area contributed by atoms with E-state index in [1.807, 2.05) is 58.9 Å². The van der Waals surface area contributed by atoms with Crippen molar-refractivity contribution in [3.8, 4) is 6.07 Å². The van der Waals surface area contributed by atoms with Gasteiger partial charge in [-0.1, -0.05) is 12.1 Å². The lowest BCUT2D eigenvalue weighted by Gasteiger charge is -2.41. The number of piperazine rings is 1. The van der Waals surface area contributed by atoms with E-state index >= 15 is 0 Å². The minimum absolute atomic E-state index is 0.0634. The second-order valence-corrected chi connectivity index (χ2v) is 11.5. The van der Waals surface area contributed by atoms with Crippen LogP contribution >= 0.6 is 15.9 Å². The van der Waals surface area contributed by atoms with E-state index in [2.05, 4.69) is 33.8 Å². The summed E-state index contributed by atoms with van der Waals surface area (Å²) in [5, 5.41) is 9.79. The van der Waals surface area contributed by atoms with Crippen molar-refractivity contribution >= 4 is 45.0 Å². The average molecular weight is 539 g/mol. The number of halogens is 1. The van der Waals surface area contributed by atoms with E-state index < -0.39 is 11.0 Å². The first kappa shape index (κ1) is 25.1. The molecule has 35 heavy (non-hydrogen) atoms. The molecule has 2 aromatic rings. The molecule has 0 aromatic heterocycles. The lowest BCUT2D eigenvalue weighted by molar-refractivity contribution is -0.121. The maximum Gasteiger partial charge on any atom is 0.410 e. The van der Waals surface area contributed by atoms with Crippen LogP contribution in [0.25, 0.3) is 0 Å². The van der Waals surface area contributed by atoms with Gasteiger partial charge in [0.05, 0.1) is 22.4 Å². The second kappa shape index (κ2) is 8.87. The molecule has 0 aliphatic carbocycles. The molecule has 7 nitrogen and oxygen atoms in total. The summed E-state index contributed by atoms with van der Waals surface area (Å²) in [7, 11) is 0. The van der Waals surface area contributed by atoms with Gasteiger partial charge in [0.15, 0.2) is 0 Å². The van der Waals surface area contributed by atoms with E-state index in [-0.39, 0.29) is 18.0 Å². The number of ether oxygens (including phenoxy) is 1. The van der Waals surface area contributed by atoms with Crippen LogP contribution in [-0.2, 0) is 14.9 Å². The third-order valence-electron chi connectivity index (χ3n) is 6.59. The largest absolute Gasteiger partial charge is 0.444 e. The van der Waals surface area contributed by atoms with Crippen molar-refractivity contribution in [2.24, 2.45) is 0 Å². The molecule has 2 aliphatic heterocycles. The van der Waals surface area contributed by atoms with Gasteiger partial charge in [-0.25, -0.2) is 4.79 Å². The number of amides is 2. The number of fused-ring (bicyclic) bond motifs is 1. The molecule has 4 rings (SSSR count). The molecule has 2 aliphatic rings. The van der Waals surface area contributed by atoms with Gasteiger partial charge in [0.1, 0.15) is 11.7 Å². The molecule has 0 saturated carbocycles. The zero-order valence-corrected chi connectivity index (χ0v) is 22.6. The Labute approximate surface area is 215 Å². The maximum absolute atomic E-state index is 13.6. The standard InChI is InChI=1S/C27H31BrN4O3/c1-17-16-30(25(34)35-26(2,3)4)12-13-31(17)18-10-11-20-23(14-18)32(24(33)27(20,5)6)22-9-7-8-21(28)19(22)15-29/h7-11,14,17H,12-13,16H2,1-6H3/t17-/m1/s1. The third kappa shape index (κ3) is 4.50. The lowest BCUT2D eigenvalue weighted by Crippen LogP contribution is -2.54. The molecular weight excluding hydrogens is 508 g/mol. The molecule has 0 radical (unpaired) electrons. The Morgan fingerprint density at radius 1 is 1.17 bits per heavy atom. The zero-order chi connectivity index (χ0) is 25.7. The zero-order valence-electron chi connectivity index (χ0n) is 21.1. The first-order chi connectivity index (χ1) is 16.3. The average Bonchev–Trinajstić information content (AvgIpc) is 2.97. The van der Waals surface area contributed by atoms with Crippen LogP contribution in [0.3, 0.4) is 0 Å². The van der Waals surface area contributed by atoms with E-state index in [0.717, 1.165) is 16.9 Å². The van der Waals surface area contributed by atoms with Gasteiger partial charge in [-0.3, -0.25) is 9.69 Å². The van der Waals surface area contributed by atoms with Gasteiger partial charge < -0.3 is 14.5 Å². The number of nitrogens with zero attached hydrogens (tertiary/aromatic N) is 4. The number of hydrogen-bond donors (Lipinski definition) is 0. The van der Waals surface area contributed by atoms with Crippen LogP contribution < -0.4 is 9.80 Å². The van der Waals surface area contributed by atoms with Gasteiger partial charge in [0, 0.05) is 35.8 Å². The fraction of sp³-hybridized carbons (Fsp3) is 0.444. The summed E-state index contributed by atoms with van der Waals surface area (Å²) in [5.41, 5.74) is 2.43. The molecule has 184 valence electrons. The van der Waals surface area contributed by atoms with Crippen molar-refractivity contribution in [1.29, 1.82) is 5.26 Å². The normalized spacial score (nSPS) is 19.4. The predicted octanol–water partition coefficient (Wildman–Crippen LogP) is 5.72. The molecule has 1 atom stereocenters. The number of carbonyl (C=O) groups is 2. The Morgan fingerprint density at radius 3 is 2.51 bits per heavy atom. The van der Waals surface area contributed by atoms with E-state index in [0.29, 0.717) is 35.4 Å². The molecule has 1 saturated heterocycles. The van der Waals surface area contributed by atoms with Crippen LogP contribution in [-0.4, -0.2) is 48.2 Å². The van der Waals surface area contributed by atoms with Crippen molar-refractivity contribution in [2.45, 2.75) is 58.6 Å². The van der Waals surface area contributed by atoms with Crippen LogP contribution in [0.15, 0.2) is 40.9 Å². The third-order valence-corrected chi connectivity index (χ3v) is 7.25. The molecule has 2 aromatic carbocycles. The smallest absolute Gasteiger partial charge is 0.410 e. The molecule has 0 unspecified atom stereocenters. The van der Waals surface area contributed by atoms with Gasteiger partial charge in [-0.15, -0.1) is 0 Å². The van der Waals surface area contributed by atoms with Crippen molar-refractivity contribution in [2.75, 3.05) is 29.4 Å². The predicted molar refractivity (Wildman–Crippen MR) is 140 cm³/mol. The van der Waals surface area contributed by atoms with E-state index in [1.54, 1.807) is 21.9 Å². The van der Waals surface area contributed by atoms with Crippen molar-refractivity contribution < 1.29 is 14.3 Å². The van der Waals surface area contributed by atoms with Gasteiger partial charge in [0.25, 0.3) is 0 Å². The van der Waals surface area contributed by atoms with Gasteiger partial charge in [0.2, 0.25) is 5.91 Å².